The standard InChI is InChI=1S/C20H22O5/c1-14-5-7-15(8-6-14)9-10-19(21)25-13-16-11-17(22-2)20(24-4)18(12-16)23-3/h5-12H,13H2,1-4H3/b10-9+. The zero-order chi connectivity index (χ0) is 18.2. The van der Waals surface area contributed by atoms with Crippen LogP contribution in [-0.4, -0.2) is 27.3 Å². The smallest absolute Gasteiger partial charge is 0.331 e. The summed E-state index contributed by atoms with van der Waals surface area (Å²) < 4.78 is 21.1. The van der Waals surface area contributed by atoms with Crippen LogP contribution < -0.4 is 14.2 Å². The van der Waals surface area contributed by atoms with Crippen molar-refractivity contribution >= 4 is 12.0 Å². The summed E-state index contributed by atoms with van der Waals surface area (Å²) in [5.41, 5.74) is 2.85. The summed E-state index contributed by atoms with van der Waals surface area (Å²) in [5, 5.41) is 0. The minimum Gasteiger partial charge on any atom is -0.493 e. The Morgan fingerprint density at radius 3 is 2.08 bits per heavy atom. The first-order chi connectivity index (χ1) is 12.1. The van der Waals surface area contributed by atoms with Gasteiger partial charge in [-0.3, -0.25) is 0 Å². The van der Waals surface area contributed by atoms with E-state index in [0.717, 1.165) is 11.1 Å². The van der Waals surface area contributed by atoms with E-state index in [-0.39, 0.29) is 6.61 Å². The Labute approximate surface area is 147 Å². The molecule has 0 aliphatic rings. The lowest BCUT2D eigenvalue weighted by molar-refractivity contribution is -0.138. The summed E-state index contributed by atoms with van der Waals surface area (Å²) in [4.78, 5) is 11.9. The van der Waals surface area contributed by atoms with Gasteiger partial charge in [-0.15, -0.1) is 0 Å². The molecule has 132 valence electrons. The van der Waals surface area contributed by atoms with Crippen LogP contribution in [0.5, 0.6) is 17.2 Å². The first kappa shape index (κ1) is 18.4. The Morgan fingerprint density at radius 1 is 0.960 bits per heavy atom. The Hall–Kier alpha value is -2.95. The van der Waals surface area contributed by atoms with E-state index in [4.69, 9.17) is 18.9 Å². The van der Waals surface area contributed by atoms with E-state index in [1.165, 1.54) is 33.0 Å². The van der Waals surface area contributed by atoms with Crippen molar-refractivity contribution in [3.05, 3.63) is 59.2 Å². The van der Waals surface area contributed by atoms with Crippen LogP contribution in [0, 0.1) is 6.92 Å². The third kappa shape index (κ3) is 5.01. The summed E-state index contributed by atoms with van der Waals surface area (Å²) >= 11 is 0. The van der Waals surface area contributed by atoms with E-state index in [1.807, 2.05) is 31.2 Å². The van der Waals surface area contributed by atoms with Crippen LogP contribution in [0.2, 0.25) is 0 Å². The number of aryl methyl sites for hydroxylation is 1. The highest BCUT2D eigenvalue weighted by molar-refractivity contribution is 5.87. The summed E-state index contributed by atoms with van der Waals surface area (Å²) in [5.74, 6) is 1.11. The van der Waals surface area contributed by atoms with Crippen molar-refractivity contribution in [3.8, 4) is 17.2 Å². The number of ether oxygens (including phenoxy) is 4. The van der Waals surface area contributed by atoms with Crippen LogP contribution in [0.4, 0.5) is 0 Å². The molecule has 0 spiro atoms. The lowest BCUT2D eigenvalue weighted by atomic mass is 10.1. The zero-order valence-electron chi connectivity index (χ0n) is 14.9. The molecule has 0 radical (unpaired) electrons. The molecular formula is C20H22O5. The van der Waals surface area contributed by atoms with Gasteiger partial charge in [-0.2, -0.15) is 0 Å². The molecule has 2 aromatic carbocycles. The average Bonchev–Trinajstić information content (AvgIpc) is 2.64. The van der Waals surface area contributed by atoms with Gasteiger partial charge in [0.2, 0.25) is 5.75 Å². The Kier molecular flexibility index (Phi) is 6.46. The van der Waals surface area contributed by atoms with Crippen LogP contribution in [0.25, 0.3) is 6.08 Å². The van der Waals surface area contributed by atoms with Gasteiger partial charge in [-0.25, -0.2) is 4.79 Å². The van der Waals surface area contributed by atoms with Gasteiger partial charge in [0.05, 0.1) is 21.3 Å². The summed E-state index contributed by atoms with van der Waals surface area (Å²) in [7, 11) is 4.62. The monoisotopic (exact) mass is 342 g/mol. The van der Waals surface area contributed by atoms with Crippen molar-refractivity contribution in [1.82, 2.24) is 0 Å². The van der Waals surface area contributed by atoms with E-state index in [0.29, 0.717) is 17.2 Å². The number of methoxy groups -OCH3 is 3. The number of esters is 1. The maximum Gasteiger partial charge on any atom is 0.331 e. The second-order valence-electron chi connectivity index (χ2n) is 5.39. The maximum atomic E-state index is 11.9. The van der Waals surface area contributed by atoms with Gasteiger partial charge in [-0.1, -0.05) is 29.8 Å². The summed E-state index contributed by atoms with van der Waals surface area (Å²) in [6.07, 6.45) is 3.12. The van der Waals surface area contributed by atoms with Crippen LogP contribution in [0.3, 0.4) is 0 Å². The van der Waals surface area contributed by atoms with Crippen LogP contribution in [0.1, 0.15) is 16.7 Å². The van der Waals surface area contributed by atoms with Gasteiger partial charge in [-0.05, 0) is 36.3 Å². The summed E-state index contributed by atoms with van der Waals surface area (Å²) in [6.45, 7) is 2.12. The summed E-state index contributed by atoms with van der Waals surface area (Å²) in [6, 6.07) is 11.4. The van der Waals surface area contributed by atoms with Gasteiger partial charge < -0.3 is 18.9 Å². The number of hydrogen-bond donors (Lipinski definition) is 0. The molecule has 0 aliphatic heterocycles. The second kappa shape index (κ2) is 8.78. The van der Waals surface area contributed by atoms with Crippen molar-refractivity contribution in [2.24, 2.45) is 0 Å². The van der Waals surface area contributed by atoms with E-state index in [1.54, 1.807) is 18.2 Å². The quantitative estimate of drug-likeness (QED) is 0.566. The van der Waals surface area contributed by atoms with Crippen LogP contribution in [0.15, 0.2) is 42.5 Å². The van der Waals surface area contributed by atoms with Gasteiger partial charge >= 0.3 is 5.97 Å². The fourth-order valence-electron chi connectivity index (χ4n) is 2.26. The van der Waals surface area contributed by atoms with Crippen molar-refractivity contribution in [3.63, 3.8) is 0 Å². The van der Waals surface area contributed by atoms with Crippen LogP contribution in [-0.2, 0) is 16.1 Å². The molecule has 0 saturated carbocycles. The van der Waals surface area contributed by atoms with Crippen molar-refractivity contribution < 1.29 is 23.7 Å². The minimum atomic E-state index is -0.422. The largest absolute Gasteiger partial charge is 0.493 e. The predicted molar refractivity (Wildman–Crippen MR) is 96.1 cm³/mol. The van der Waals surface area contributed by atoms with E-state index in [9.17, 15) is 4.79 Å². The first-order valence-electron chi connectivity index (χ1n) is 7.77. The normalized spacial score (nSPS) is 10.6. The average molecular weight is 342 g/mol. The molecule has 0 fully saturated rings. The molecule has 0 N–H and O–H groups in total. The molecule has 5 nitrogen and oxygen atoms in total. The van der Waals surface area contributed by atoms with Gasteiger partial charge in [0, 0.05) is 6.08 Å². The van der Waals surface area contributed by atoms with Crippen molar-refractivity contribution in [1.29, 1.82) is 0 Å². The number of benzene rings is 2. The molecule has 0 amide bonds. The molecular weight excluding hydrogens is 320 g/mol. The Balaban J connectivity index is 2.02. The SMILES string of the molecule is COc1cc(COC(=O)/C=C/c2ccc(C)cc2)cc(OC)c1OC. The predicted octanol–water partition coefficient (Wildman–Crippen LogP) is 3.78. The van der Waals surface area contributed by atoms with E-state index in [2.05, 4.69) is 0 Å². The molecule has 0 atom stereocenters. The van der Waals surface area contributed by atoms with Crippen molar-refractivity contribution in [2.75, 3.05) is 21.3 Å². The highest BCUT2D eigenvalue weighted by Gasteiger charge is 2.13. The van der Waals surface area contributed by atoms with E-state index < -0.39 is 5.97 Å². The van der Waals surface area contributed by atoms with Gasteiger partial charge in [0.25, 0.3) is 0 Å². The van der Waals surface area contributed by atoms with E-state index >= 15 is 0 Å². The topological polar surface area (TPSA) is 54.0 Å². The third-order valence-electron chi connectivity index (χ3n) is 3.59. The molecule has 0 aromatic heterocycles. The van der Waals surface area contributed by atoms with Gasteiger partial charge in [0.15, 0.2) is 11.5 Å². The highest BCUT2D eigenvalue weighted by atomic mass is 16.5. The lowest BCUT2D eigenvalue weighted by Gasteiger charge is -2.14. The number of carbonyl (C=O) groups is 1. The number of rotatable bonds is 7. The molecule has 0 aliphatic carbocycles. The van der Waals surface area contributed by atoms with Crippen LogP contribution >= 0.6 is 0 Å². The molecule has 25 heavy (non-hydrogen) atoms. The molecule has 0 bridgehead atoms. The number of hydrogen-bond acceptors (Lipinski definition) is 5. The zero-order valence-corrected chi connectivity index (χ0v) is 14.9. The third-order valence-corrected chi connectivity index (χ3v) is 3.59. The van der Waals surface area contributed by atoms with Crippen molar-refractivity contribution in [2.45, 2.75) is 13.5 Å². The van der Waals surface area contributed by atoms with Gasteiger partial charge in [0.1, 0.15) is 6.61 Å². The number of carbonyl (C=O) groups excluding carboxylic acids is 1. The second-order valence-corrected chi connectivity index (χ2v) is 5.39. The Morgan fingerprint density at radius 2 is 1.56 bits per heavy atom. The highest BCUT2D eigenvalue weighted by Crippen LogP contribution is 2.38. The first-order valence-corrected chi connectivity index (χ1v) is 7.77. The molecule has 2 aromatic rings. The fraction of sp³-hybridized carbons (Fsp3) is 0.250. The molecule has 0 heterocycles. The molecule has 2 rings (SSSR count). The molecule has 0 saturated heterocycles. The minimum absolute atomic E-state index is 0.105. The maximum absolute atomic E-state index is 11.9. The molecule has 0 unspecified atom stereocenters. The Bertz CT molecular complexity index is 722. The molecule has 5 heteroatoms. The fourth-order valence-corrected chi connectivity index (χ4v) is 2.26. The lowest BCUT2D eigenvalue weighted by Crippen LogP contribution is -2.02.